The number of para-hydroxylation sites is 1. The summed E-state index contributed by atoms with van der Waals surface area (Å²) in [7, 11) is 1.25. The Morgan fingerprint density at radius 1 is 1.15 bits per heavy atom. The Bertz CT molecular complexity index is 877. The summed E-state index contributed by atoms with van der Waals surface area (Å²) in [5.74, 6) is -1.43. The monoisotopic (exact) mass is 411 g/mol. The molecule has 0 saturated carbocycles. The van der Waals surface area contributed by atoms with E-state index in [0.717, 1.165) is 0 Å². The Labute approximate surface area is 165 Å². The highest BCUT2D eigenvalue weighted by molar-refractivity contribution is 6.42. The van der Waals surface area contributed by atoms with Gasteiger partial charge in [-0.3, -0.25) is 4.79 Å². The molecule has 1 fully saturated rings. The van der Waals surface area contributed by atoms with Gasteiger partial charge >= 0.3 is 5.97 Å². The first-order valence-corrected chi connectivity index (χ1v) is 8.91. The van der Waals surface area contributed by atoms with Crippen LogP contribution in [0.3, 0.4) is 0 Å². The fourth-order valence-corrected chi connectivity index (χ4v) is 3.28. The average molecular weight is 412 g/mol. The second kappa shape index (κ2) is 8.15. The molecular formula is C19H16Cl2FNO4. The molecule has 8 heteroatoms. The van der Waals surface area contributed by atoms with Crippen LogP contribution in [0.2, 0.25) is 10.0 Å². The minimum atomic E-state index is -0.839. The quantitative estimate of drug-likeness (QED) is 0.714. The van der Waals surface area contributed by atoms with E-state index in [0.29, 0.717) is 5.02 Å². The van der Waals surface area contributed by atoms with E-state index in [1.54, 1.807) is 12.1 Å². The summed E-state index contributed by atoms with van der Waals surface area (Å²) >= 11 is 11.9. The number of carbonyl (C=O) groups is 2. The second-order valence-corrected chi connectivity index (χ2v) is 6.85. The molecule has 0 aliphatic carbocycles. The molecule has 2 aromatic carbocycles. The van der Waals surface area contributed by atoms with Gasteiger partial charge in [-0.25, -0.2) is 9.18 Å². The largest absolute Gasteiger partial charge is 0.485 e. The van der Waals surface area contributed by atoms with Gasteiger partial charge in [0, 0.05) is 12.0 Å². The maximum absolute atomic E-state index is 13.8. The minimum absolute atomic E-state index is 0.0648. The van der Waals surface area contributed by atoms with Gasteiger partial charge < -0.3 is 14.4 Å². The zero-order valence-corrected chi connectivity index (χ0v) is 15.8. The highest BCUT2D eigenvalue weighted by Gasteiger charge is 2.42. The van der Waals surface area contributed by atoms with E-state index in [4.69, 9.17) is 32.7 Å². The summed E-state index contributed by atoms with van der Waals surface area (Å²) in [5, 5.41) is 0.551. The summed E-state index contributed by atoms with van der Waals surface area (Å²) in [6, 6.07) is 9.59. The number of benzene rings is 2. The molecule has 0 spiro atoms. The zero-order valence-electron chi connectivity index (χ0n) is 14.3. The minimum Gasteiger partial charge on any atom is -0.485 e. The van der Waals surface area contributed by atoms with Crippen LogP contribution < -0.4 is 4.74 Å². The summed E-state index contributed by atoms with van der Waals surface area (Å²) in [5.41, 5.74) is 0.282. The number of hydrogen-bond acceptors (Lipinski definition) is 4. The molecule has 2 aromatic rings. The molecule has 5 nitrogen and oxygen atoms in total. The Balaban J connectivity index is 1.83. The van der Waals surface area contributed by atoms with E-state index < -0.39 is 29.8 Å². The average Bonchev–Trinajstić information content (AvgIpc) is 3.08. The predicted octanol–water partition coefficient (Wildman–Crippen LogP) is 3.97. The Morgan fingerprint density at radius 3 is 2.56 bits per heavy atom. The molecule has 1 aliphatic heterocycles. The van der Waals surface area contributed by atoms with E-state index in [9.17, 15) is 14.0 Å². The molecule has 2 atom stereocenters. The summed E-state index contributed by atoms with van der Waals surface area (Å²) < 4.78 is 24.3. The van der Waals surface area contributed by atoms with Gasteiger partial charge in [-0.15, -0.1) is 0 Å². The van der Waals surface area contributed by atoms with E-state index in [1.165, 1.54) is 42.3 Å². The van der Waals surface area contributed by atoms with Gasteiger partial charge in [0.2, 0.25) is 0 Å². The van der Waals surface area contributed by atoms with Gasteiger partial charge in [0.1, 0.15) is 12.1 Å². The maximum Gasteiger partial charge on any atom is 0.328 e. The van der Waals surface area contributed by atoms with Crippen LogP contribution >= 0.6 is 23.2 Å². The molecule has 1 amide bonds. The van der Waals surface area contributed by atoms with E-state index in [1.807, 2.05) is 0 Å². The Morgan fingerprint density at radius 2 is 1.89 bits per heavy atom. The second-order valence-electron chi connectivity index (χ2n) is 6.03. The van der Waals surface area contributed by atoms with E-state index in [2.05, 4.69) is 0 Å². The molecule has 1 heterocycles. The van der Waals surface area contributed by atoms with Crippen LogP contribution in [0, 0.1) is 5.82 Å². The number of methoxy groups -OCH3 is 1. The van der Waals surface area contributed by atoms with Crippen molar-refractivity contribution in [3.05, 3.63) is 63.9 Å². The zero-order chi connectivity index (χ0) is 19.6. The van der Waals surface area contributed by atoms with Crippen molar-refractivity contribution in [3.8, 4) is 5.75 Å². The van der Waals surface area contributed by atoms with Crippen LogP contribution in [0.5, 0.6) is 5.75 Å². The highest BCUT2D eigenvalue weighted by atomic mass is 35.5. The molecule has 0 N–H and O–H groups in total. The van der Waals surface area contributed by atoms with Gasteiger partial charge in [0.15, 0.2) is 11.6 Å². The van der Waals surface area contributed by atoms with Crippen molar-refractivity contribution in [1.29, 1.82) is 0 Å². The molecule has 0 radical (unpaired) electrons. The molecule has 27 heavy (non-hydrogen) atoms. The predicted molar refractivity (Wildman–Crippen MR) is 98.7 cm³/mol. The van der Waals surface area contributed by atoms with Gasteiger partial charge in [0.05, 0.1) is 23.7 Å². The lowest BCUT2D eigenvalue weighted by Crippen LogP contribution is -2.41. The van der Waals surface area contributed by atoms with Crippen molar-refractivity contribution in [3.63, 3.8) is 0 Å². The first-order valence-electron chi connectivity index (χ1n) is 8.15. The highest BCUT2D eigenvalue weighted by Crippen LogP contribution is 2.29. The Kier molecular flexibility index (Phi) is 5.87. The first-order chi connectivity index (χ1) is 12.9. The third-order valence-electron chi connectivity index (χ3n) is 4.29. The molecular weight excluding hydrogens is 396 g/mol. The third-order valence-corrected chi connectivity index (χ3v) is 5.03. The Hall–Kier alpha value is -2.31. The number of halogens is 3. The van der Waals surface area contributed by atoms with Gasteiger partial charge in [0.25, 0.3) is 5.91 Å². The maximum atomic E-state index is 13.8. The summed E-state index contributed by atoms with van der Waals surface area (Å²) in [6.07, 6.45) is -0.369. The van der Waals surface area contributed by atoms with Crippen LogP contribution in [0.25, 0.3) is 0 Å². The molecule has 3 rings (SSSR count). The van der Waals surface area contributed by atoms with E-state index >= 15 is 0 Å². The molecule has 0 bridgehead atoms. The van der Waals surface area contributed by atoms with Gasteiger partial charge in [-0.1, -0.05) is 35.3 Å². The van der Waals surface area contributed by atoms with Crippen molar-refractivity contribution in [2.45, 2.75) is 18.6 Å². The standard InChI is InChI=1S/C19H16Cl2FNO4/c1-26-19(25)16-9-12(27-17-5-3-2-4-15(17)22)10-23(16)18(24)11-6-7-13(20)14(21)8-11/h2-8,12,16H,9-10H2,1H3. The number of amides is 1. The number of nitrogens with zero attached hydrogens (tertiary/aromatic N) is 1. The number of hydrogen-bond donors (Lipinski definition) is 0. The van der Waals surface area contributed by atoms with Crippen molar-refractivity contribution >= 4 is 35.1 Å². The number of ether oxygens (including phenoxy) is 2. The van der Waals surface area contributed by atoms with E-state index in [-0.39, 0.29) is 29.3 Å². The SMILES string of the molecule is COC(=O)C1CC(Oc2ccccc2F)CN1C(=O)c1ccc(Cl)c(Cl)c1. The smallest absolute Gasteiger partial charge is 0.328 e. The van der Waals surface area contributed by atoms with Crippen LogP contribution in [0.15, 0.2) is 42.5 Å². The van der Waals surface area contributed by atoms with Crippen LogP contribution in [-0.2, 0) is 9.53 Å². The van der Waals surface area contributed by atoms with Crippen molar-refractivity contribution in [2.24, 2.45) is 0 Å². The van der Waals surface area contributed by atoms with Gasteiger partial charge in [-0.2, -0.15) is 0 Å². The summed E-state index contributed by atoms with van der Waals surface area (Å²) in [6.45, 7) is 0.104. The number of rotatable bonds is 4. The lowest BCUT2D eigenvalue weighted by atomic mass is 10.1. The summed E-state index contributed by atoms with van der Waals surface area (Å²) in [4.78, 5) is 26.4. The number of likely N-dealkylation sites (tertiary alicyclic amines) is 1. The van der Waals surface area contributed by atoms with Crippen molar-refractivity contribution in [1.82, 2.24) is 4.90 Å². The van der Waals surface area contributed by atoms with Crippen LogP contribution in [-0.4, -0.2) is 42.6 Å². The van der Waals surface area contributed by atoms with Crippen LogP contribution in [0.1, 0.15) is 16.8 Å². The number of esters is 1. The lowest BCUT2D eigenvalue weighted by molar-refractivity contribution is -0.145. The first kappa shape index (κ1) is 19.5. The fraction of sp³-hybridized carbons (Fsp3) is 0.263. The van der Waals surface area contributed by atoms with Gasteiger partial charge in [-0.05, 0) is 30.3 Å². The fourth-order valence-electron chi connectivity index (χ4n) is 2.98. The molecule has 1 saturated heterocycles. The van der Waals surface area contributed by atoms with Crippen molar-refractivity contribution in [2.75, 3.05) is 13.7 Å². The molecule has 142 valence electrons. The van der Waals surface area contributed by atoms with Crippen molar-refractivity contribution < 1.29 is 23.5 Å². The normalized spacial score (nSPS) is 19.0. The lowest BCUT2D eigenvalue weighted by Gasteiger charge is -2.22. The molecule has 1 aliphatic rings. The molecule has 2 unspecified atom stereocenters. The van der Waals surface area contributed by atoms with Crippen LogP contribution in [0.4, 0.5) is 4.39 Å². The topological polar surface area (TPSA) is 55.8 Å². The number of carbonyl (C=O) groups excluding carboxylic acids is 2. The third kappa shape index (κ3) is 4.17. The molecule has 0 aromatic heterocycles.